The quantitative estimate of drug-likeness (QED) is 0.856. The summed E-state index contributed by atoms with van der Waals surface area (Å²) in [5, 5.41) is 7.79. The predicted octanol–water partition coefficient (Wildman–Crippen LogP) is 2.64. The van der Waals surface area contributed by atoms with Crippen molar-refractivity contribution < 1.29 is 18.7 Å². The summed E-state index contributed by atoms with van der Waals surface area (Å²) in [6.45, 7) is 4.91. The zero-order valence-corrected chi connectivity index (χ0v) is 16.3. The van der Waals surface area contributed by atoms with E-state index < -0.39 is 0 Å². The Morgan fingerprint density at radius 2 is 2.00 bits per heavy atom. The first-order chi connectivity index (χ1) is 13.7. The van der Waals surface area contributed by atoms with Gasteiger partial charge in [-0.25, -0.2) is 0 Å². The maximum Gasteiger partial charge on any atom is 0.287 e. The number of furan rings is 1. The van der Waals surface area contributed by atoms with Gasteiger partial charge in [0.2, 0.25) is 0 Å². The molecule has 1 amide bonds. The van der Waals surface area contributed by atoms with Crippen LogP contribution < -0.4 is 5.32 Å². The molecule has 0 aromatic carbocycles. The summed E-state index contributed by atoms with van der Waals surface area (Å²) in [7, 11) is 0. The van der Waals surface area contributed by atoms with Crippen LogP contribution in [0.5, 0.6) is 0 Å². The molecular formula is C21H27N3O4. The van der Waals surface area contributed by atoms with Gasteiger partial charge in [-0.2, -0.15) is 5.10 Å². The van der Waals surface area contributed by atoms with E-state index in [1.54, 1.807) is 0 Å². The number of hydrogen-bond acceptors (Lipinski definition) is 5. The van der Waals surface area contributed by atoms with Crippen LogP contribution in [0.4, 0.5) is 0 Å². The lowest BCUT2D eigenvalue weighted by Crippen LogP contribution is -2.31. The standard InChI is InChI=1S/C21H27N3O4/c1-13-18-17(28-20(13)21(25)22-10-15-4-2-8-26-15)7-6-14-11-24(23-19(14)18)12-16-5-3-9-27-16/h11,15-16H,2-10,12H2,1H3,(H,22,25)/t15-,16+/m0/s1. The minimum absolute atomic E-state index is 0.119. The van der Waals surface area contributed by atoms with Gasteiger partial charge in [0.15, 0.2) is 5.76 Å². The van der Waals surface area contributed by atoms with Crippen molar-refractivity contribution in [1.29, 1.82) is 0 Å². The lowest BCUT2D eigenvalue weighted by Gasteiger charge is -2.10. The third-order valence-electron chi connectivity index (χ3n) is 6.05. The van der Waals surface area contributed by atoms with Gasteiger partial charge in [-0.05, 0) is 44.6 Å². The average molecular weight is 385 g/mol. The van der Waals surface area contributed by atoms with Gasteiger partial charge in [-0.15, -0.1) is 0 Å². The van der Waals surface area contributed by atoms with Crippen LogP contribution in [0.25, 0.3) is 11.3 Å². The fraction of sp³-hybridized carbons (Fsp3) is 0.619. The van der Waals surface area contributed by atoms with E-state index in [4.69, 9.17) is 19.0 Å². The third-order valence-corrected chi connectivity index (χ3v) is 6.05. The second-order valence-corrected chi connectivity index (χ2v) is 8.06. The average Bonchev–Trinajstić information content (AvgIpc) is 3.47. The first kappa shape index (κ1) is 17.9. The van der Waals surface area contributed by atoms with Crippen LogP contribution in [0, 0.1) is 6.92 Å². The Bertz CT molecular complexity index is 873. The van der Waals surface area contributed by atoms with E-state index in [1.165, 1.54) is 5.56 Å². The Morgan fingerprint density at radius 3 is 2.75 bits per heavy atom. The summed E-state index contributed by atoms with van der Waals surface area (Å²) in [6, 6.07) is 0. The number of aryl methyl sites for hydroxylation is 2. The number of amides is 1. The van der Waals surface area contributed by atoms with Gasteiger partial charge < -0.3 is 19.2 Å². The fourth-order valence-electron chi connectivity index (χ4n) is 4.56. The van der Waals surface area contributed by atoms with Gasteiger partial charge in [-0.3, -0.25) is 9.48 Å². The van der Waals surface area contributed by atoms with Crippen LogP contribution in [0.1, 0.15) is 53.1 Å². The van der Waals surface area contributed by atoms with Crippen molar-refractivity contribution in [2.24, 2.45) is 0 Å². The Hall–Kier alpha value is -2.12. The highest BCUT2D eigenvalue weighted by Crippen LogP contribution is 2.38. The largest absolute Gasteiger partial charge is 0.455 e. The highest BCUT2D eigenvalue weighted by molar-refractivity contribution is 5.95. The SMILES string of the molecule is Cc1c(C(=O)NC[C@@H]2CCCO2)oc2c1-c1nn(C[C@H]3CCCO3)cc1CC2. The number of ether oxygens (including phenoxy) is 2. The highest BCUT2D eigenvalue weighted by Gasteiger charge is 2.30. The molecule has 0 spiro atoms. The summed E-state index contributed by atoms with van der Waals surface area (Å²) >= 11 is 0. The summed E-state index contributed by atoms with van der Waals surface area (Å²) < 4.78 is 19.3. The molecule has 2 fully saturated rings. The number of fused-ring (bicyclic) bond motifs is 3. The van der Waals surface area contributed by atoms with Crippen LogP contribution >= 0.6 is 0 Å². The molecule has 2 aromatic rings. The van der Waals surface area contributed by atoms with Crippen LogP contribution in [0.3, 0.4) is 0 Å². The van der Waals surface area contributed by atoms with E-state index in [0.29, 0.717) is 12.3 Å². The molecule has 2 aromatic heterocycles. The lowest BCUT2D eigenvalue weighted by molar-refractivity contribution is 0.0833. The van der Waals surface area contributed by atoms with Crippen molar-refractivity contribution in [1.82, 2.24) is 15.1 Å². The normalized spacial score (nSPS) is 23.6. The molecular weight excluding hydrogens is 358 g/mol. The number of hydrogen-bond donors (Lipinski definition) is 1. The molecule has 2 saturated heterocycles. The van der Waals surface area contributed by atoms with Gasteiger partial charge in [0, 0.05) is 43.5 Å². The van der Waals surface area contributed by atoms with Gasteiger partial charge in [0.25, 0.3) is 5.91 Å². The number of rotatable bonds is 5. The lowest BCUT2D eigenvalue weighted by atomic mass is 9.93. The molecule has 2 aliphatic heterocycles. The number of carbonyl (C=O) groups excluding carboxylic acids is 1. The molecule has 150 valence electrons. The van der Waals surface area contributed by atoms with E-state index in [1.807, 2.05) is 11.6 Å². The maximum absolute atomic E-state index is 12.7. The summed E-state index contributed by atoms with van der Waals surface area (Å²) in [5.41, 5.74) is 4.05. The summed E-state index contributed by atoms with van der Waals surface area (Å²) in [6.07, 6.45) is 8.47. The Labute approximate surface area is 164 Å². The molecule has 7 heteroatoms. The number of carbonyl (C=O) groups is 1. The fourth-order valence-corrected chi connectivity index (χ4v) is 4.56. The molecule has 5 rings (SSSR count). The van der Waals surface area contributed by atoms with Crippen molar-refractivity contribution in [3.05, 3.63) is 28.8 Å². The number of nitrogens with zero attached hydrogens (tertiary/aromatic N) is 2. The smallest absolute Gasteiger partial charge is 0.287 e. The maximum atomic E-state index is 12.7. The Balaban J connectivity index is 1.36. The number of nitrogens with one attached hydrogen (secondary N) is 1. The molecule has 7 nitrogen and oxygen atoms in total. The van der Waals surface area contributed by atoms with Gasteiger partial charge in [0.05, 0.1) is 24.4 Å². The molecule has 1 aliphatic carbocycles. The van der Waals surface area contributed by atoms with E-state index in [2.05, 4.69) is 11.5 Å². The van der Waals surface area contributed by atoms with Gasteiger partial charge >= 0.3 is 0 Å². The second kappa shape index (κ2) is 7.37. The number of aromatic nitrogens is 2. The van der Waals surface area contributed by atoms with Gasteiger partial charge in [-0.1, -0.05) is 0 Å². The first-order valence-corrected chi connectivity index (χ1v) is 10.4. The molecule has 0 unspecified atom stereocenters. The van der Waals surface area contributed by atoms with E-state index in [0.717, 1.165) is 80.9 Å². The van der Waals surface area contributed by atoms with E-state index in [-0.39, 0.29) is 18.1 Å². The van der Waals surface area contributed by atoms with E-state index >= 15 is 0 Å². The minimum Gasteiger partial charge on any atom is -0.455 e. The molecule has 0 saturated carbocycles. The zero-order chi connectivity index (χ0) is 19.1. The molecule has 0 radical (unpaired) electrons. The summed E-state index contributed by atoms with van der Waals surface area (Å²) in [5.74, 6) is 1.11. The molecule has 1 N–H and O–H groups in total. The van der Waals surface area contributed by atoms with Crippen molar-refractivity contribution in [2.45, 2.75) is 64.2 Å². The van der Waals surface area contributed by atoms with Crippen molar-refractivity contribution in [3.63, 3.8) is 0 Å². The predicted molar refractivity (Wildman–Crippen MR) is 102 cm³/mol. The molecule has 28 heavy (non-hydrogen) atoms. The topological polar surface area (TPSA) is 78.5 Å². The second-order valence-electron chi connectivity index (χ2n) is 8.06. The molecule has 0 bridgehead atoms. The van der Waals surface area contributed by atoms with Crippen LogP contribution in [0.15, 0.2) is 10.6 Å². The van der Waals surface area contributed by atoms with Crippen LogP contribution in [0.2, 0.25) is 0 Å². The van der Waals surface area contributed by atoms with Crippen molar-refractivity contribution in [2.75, 3.05) is 19.8 Å². The van der Waals surface area contributed by atoms with Crippen LogP contribution in [-0.4, -0.2) is 47.7 Å². The van der Waals surface area contributed by atoms with Crippen LogP contribution in [-0.2, 0) is 28.9 Å². The highest BCUT2D eigenvalue weighted by atomic mass is 16.5. The molecule has 3 aliphatic rings. The third kappa shape index (κ3) is 3.26. The van der Waals surface area contributed by atoms with E-state index in [9.17, 15) is 4.79 Å². The van der Waals surface area contributed by atoms with Crippen molar-refractivity contribution in [3.8, 4) is 11.3 Å². The summed E-state index contributed by atoms with van der Waals surface area (Å²) in [4.78, 5) is 12.7. The first-order valence-electron chi connectivity index (χ1n) is 10.4. The zero-order valence-electron chi connectivity index (χ0n) is 16.3. The van der Waals surface area contributed by atoms with Gasteiger partial charge in [0.1, 0.15) is 5.76 Å². The monoisotopic (exact) mass is 385 g/mol. The van der Waals surface area contributed by atoms with Crippen molar-refractivity contribution >= 4 is 5.91 Å². The molecule has 2 atom stereocenters. The minimum atomic E-state index is -0.164. The Kier molecular flexibility index (Phi) is 4.72. The Morgan fingerprint density at radius 1 is 1.21 bits per heavy atom. The molecule has 4 heterocycles.